The molecule has 29 heavy (non-hydrogen) atoms. The standard InChI is InChI=1S/C18H24P.C10H7/c1-17(2,3)19(18(4,5)6)16-12-11-14-9-7-8-10-15(14)13-16;1-2-6-10-8-4-3-7-9(10)5-1/h7-12H,1-6H3;1-7H. The molecule has 2 radical (unpaired) electrons. The molecule has 0 aliphatic carbocycles. The quantitative estimate of drug-likeness (QED) is 0.285. The van der Waals surface area contributed by atoms with E-state index >= 15 is 0 Å². The predicted octanol–water partition coefficient (Wildman–Crippen LogP) is 7.98. The van der Waals surface area contributed by atoms with Crippen LogP contribution < -0.4 is 5.30 Å². The van der Waals surface area contributed by atoms with E-state index in [2.05, 4.69) is 108 Å². The summed E-state index contributed by atoms with van der Waals surface area (Å²) in [6.07, 6.45) is 0. The minimum absolute atomic E-state index is 0.267. The van der Waals surface area contributed by atoms with Gasteiger partial charge in [0, 0.05) is 0 Å². The molecule has 0 bridgehead atoms. The molecule has 0 spiro atoms. The highest BCUT2D eigenvalue weighted by Crippen LogP contribution is 2.58. The van der Waals surface area contributed by atoms with Gasteiger partial charge in [-0.15, -0.1) is 0 Å². The molecule has 0 atom stereocenters. The maximum atomic E-state index is 3.67. The van der Waals surface area contributed by atoms with Crippen molar-refractivity contribution in [2.75, 3.05) is 0 Å². The molecule has 4 aromatic carbocycles. The monoisotopic (exact) mass is 398 g/mol. The summed E-state index contributed by atoms with van der Waals surface area (Å²) in [4.78, 5) is 0. The van der Waals surface area contributed by atoms with E-state index in [9.17, 15) is 0 Å². The Hall–Kier alpha value is -2.17. The minimum atomic E-state index is -0.267. The second kappa shape index (κ2) is 8.68. The second-order valence-electron chi connectivity index (χ2n) is 9.37. The van der Waals surface area contributed by atoms with Gasteiger partial charge in [0.1, 0.15) is 0 Å². The van der Waals surface area contributed by atoms with E-state index in [1.165, 1.54) is 26.8 Å². The van der Waals surface area contributed by atoms with Crippen LogP contribution in [-0.4, -0.2) is 10.3 Å². The lowest BCUT2D eigenvalue weighted by molar-refractivity contribution is 0.715. The summed E-state index contributed by atoms with van der Waals surface area (Å²) in [6.45, 7) is 14.1. The SMILES string of the molecule is CC(C)(C)P(c1[c]c2ccccc2cc1)C(C)(C)C.[c]1cccc2ccccc12. The van der Waals surface area contributed by atoms with Crippen LogP contribution in [0.25, 0.3) is 21.5 Å². The number of hydrogen-bond acceptors (Lipinski definition) is 0. The van der Waals surface area contributed by atoms with Gasteiger partial charge in [0.05, 0.1) is 0 Å². The first-order valence-corrected chi connectivity index (χ1v) is 11.6. The van der Waals surface area contributed by atoms with Crippen molar-refractivity contribution >= 4 is 34.8 Å². The first kappa shape index (κ1) is 21.5. The molecular formula is C28H31P. The summed E-state index contributed by atoms with van der Waals surface area (Å²) < 4.78 is 0. The molecule has 0 aliphatic heterocycles. The molecule has 0 nitrogen and oxygen atoms in total. The summed E-state index contributed by atoms with van der Waals surface area (Å²) in [7, 11) is -0.267. The van der Waals surface area contributed by atoms with E-state index in [1.807, 2.05) is 24.3 Å². The van der Waals surface area contributed by atoms with Crippen molar-refractivity contribution in [3.05, 3.63) is 91.0 Å². The van der Waals surface area contributed by atoms with Crippen LogP contribution in [0, 0.1) is 12.1 Å². The Morgan fingerprint density at radius 1 is 0.586 bits per heavy atom. The third-order valence-electron chi connectivity index (χ3n) is 4.80. The van der Waals surface area contributed by atoms with Gasteiger partial charge in [-0.25, -0.2) is 0 Å². The highest BCUT2D eigenvalue weighted by Gasteiger charge is 2.35. The molecule has 0 heterocycles. The molecule has 0 unspecified atom stereocenters. The fraction of sp³-hybridized carbons (Fsp3) is 0.286. The lowest BCUT2D eigenvalue weighted by Gasteiger charge is -2.41. The highest BCUT2D eigenvalue weighted by atomic mass is 31.1. The Kier molecular flexibility index (Phi) is 6.45. The van der Waals surface area contributed by atoms with Gasteiger partial charge >= 0.3 is 0 Å². The average Bonchev–Trinajstić information content (AvgIpc) is 2.66. The Morgan fingerprint density at radius 2 is 1.10 bits per heavy atom. The summed E-state index contributed by atoms with van der Waals surface area (Å²) in [5, 5.41) is 6.95. The van der Waals surface area contributed by atoms with Crippen LogP contribution in [0.15, 0.2) is 78.9 Å². The zero-order valence-corrected chi connectivity index (χ0v) is 19.3. The molecule has 0 aromatic heterocycles. The summed E-state index contributed by atoms with van der Waals surface area (Å²) in [6, 6.07) is 34.1. The van der Waals surface area contributed by atoms with Gasteiger partial charge in [-0.3, -0.25) is 0 Å². The van der Waals surface area contributed by atoms with Gasteiger partial charge in [-0.05, 0) is 49.3 Å². The third-order valence-corrected chi connectivity index (χ3v) is 8.22. The number of rotatable bonds is 1. The lowest BCUT2D eigenvalue weighted by Crippen LogP contribution is -2.31. The topological polar surface area (TPSA) is 0 Å². The van der Waals surface area contributed by atoms with Gasteiger partial charge < -0.3 is 0 Å². The van der Waals surface area contributed by atoms with Gasteiger partial charge in [-0.2, -0.15) is 0 Å². The normalized spacial score (nSPS) is 12.1. The molecule has 0 aliphatic rings. The predicted molar refractivity (Wildman–Crippen MR) is 132 cm³/mol. The first-order chi connectivity index (χ1) is 13.7. The second-order valence-corrected chi connectivity index (χ2v) is 13.2. The zero-order chi connectivity index (χ0) is 21.1. The smallest absolute Gasteiger partial charge is 0.00153 e. The first-order valence-electron chi connectivity index (χ1n) is 10.2. The number of fused-ring (bicyclic) bond motifs is 2. The number of benzene rings is 4. The van der Waals surface area contributed by atoms with Crippen LogP contribution in [0.1, 0.15) is 41.5 Å². The molecular weight excluding hydrogens is 367 g/mol. The van der Waals surface area contributed by atoms with Crippen LogP contribution >= 0.6 is 7.92 Å². The fourth-order valence-corrected chi connectivity index (χ4v) is 7.94. The van der Waals surface area contributed by atoms with Crippen molar-refractivity contribution in [2.45, 2.75) is 51.9 Å². The summed E-state index contributed by atoms with van der Waals surface area (Å²) in [5.41, 5.74) is 0. The molecule has 0 saturated carbocycles. The van der Waals surface area contributed by atoms with Gasteiger partial charge in [0.15, 0.2) is 0 Å². The summed E-state index contributed by atoms with van der Waals surface area (Å²) in [5.74, 6) is 0. The molecule has 1 heteroatoms. The van der Waals surface area contributed by atoms with E-state index in [1.54, 1.807) is 0 Å². The Labute approximate surface area is 177 Å². The van der Waals surface area contributed by atoms with E-state index in [4.69, 9.17) is 0 Å². The molecule has 0 amide bonds. The minimum Gasteiger partial charge on any atom is -0.0636 e. The van der Waals surface area contributed by atoms with Gasteiger partial charge in [0.25, 0.3) is 0 Å². The molecule has 4 aromatic rings. The van der Waals surface area contributed by atoms with Crippen LogP contribution in [-0.2, 0) is 0 Å². The van der Waals surface area contributed by atoms with Crippen molar-refractivity contribution in [3.8, 4) is 0 Å². The van der Waals surface area contributed by atoms with Crippen molar-refractivity contribution < 1.29 is 0 Å². The maximum absolute atomic E-state index is 3.67. The van der Waals surface area contributed by atoms with Crippen LogP contribution in [0.3, 0.4) is 0 Å². The third kappa shape index (κ3) is 5.46. The van der Waals surface area contributed by atoms with Crippen molar-refractivity contribution in [1.82, 2.24) is 0 Å². The molecule has 4 rings (SSSR count). The van der Waals surface area contributed by atoms with Crippen LogP contribution in [0.2, 0.25) is 0 Å². The Balaban J connectivity index is 0.000000200. The Bertz CT molecular complexity index is 1000. The molecule has 0 saturated heterocycles. The fourth-order valence-electron chi connectivity index (χ4n) is 4.03. The van der Waals surface area contributed by atoms with Crippen molar-refractivity contribution in [1.29, 1.82) is 0 Å². The van der Waals surface area contributed by atoms with Gasteiger partial charge in [-0.1, -0.05) is 128 Å². The van der Waals surface area contributed by atoms with E-state index in [-0.39, 0.29) is 7.92 Å². The van der Waals surface area contributed by atoms with Crippen LogP contribution in [0.4, 0.5) is 0 Å². The number of hydrogen-bond donors (Lipinski definition) is 0. The summed E-state index contributed by atoms with van der Waals surface area (Å²) >= 11 is 0. The molecule has 148 valence electrons. The van der Waals surface area contributed by atoms with Crippen molar-refractivity contribution in [2.24, 2.45) is 0 Å². The zero-order valence-electron chi connectivity index (χ0n) is 18.5. The van der Waals surface area contributed by atoms with E-state index in [0.717, 1.165) is 0 Å². The van der Waals surface area contributed by atoms with Crippen molar-refractivity contribution in [3.63, 3.8) is 0 Å². The largest absolute Gasteiger partial charge is 0.0636 e. The van der Waals surface area contributed by atoms with Gasteiger partial charge in [0.2, 0.25) is 0 Å². The Morgan fingerprint density at radius 3 is 1.69 bits per heavy atom. The van der Waals surface area contributed by atoms with Crippen LogP contribution in [0.5, 0.6) is 0 Å². The molecule has 0 fully saturated rings. The average molecular weight is 399 g/mol. The molecule has 0 N–H and O–H groups in total. The highest BCUT2D eigenvalue weighted by molar-refractivity contribution is 7.68. The van der Waals surface area contributed by atoms with E-state index in [0.29, 0.717) is 10.3 Å². The lowest BCUT2D eigenvalue weighted by atomic mass is 10.1. The maximum Gasteiger partial charge on any atom is -0.00153 e. The van der Waals surface area contributed by atoms with E-state index < -0.39 is 0 Å².